The molecule has 0 atom stereocenters. The van der Waals surface area contributed by atoms with E-state index >= 15 is 0 Å². The van der Waals surface area contributed by atoms with Crippen LogP contribution >= 0.6 is 0 Å². The molecule has 29 heavy (non-hydrogen) atoms. The second-order valence-electron chi connectivity index (χ2n) is 7.20. The average molecular weight is 386 g/mol. The first-order valence-electron chi connectivity index (χ1n) is 9.77. The number of allylic oxidation sites excluding steroid dienone is 2. The first-order chi connectivity index (χ1) is 14.0. The average Bonchev–Trinajstić information content (AvgIpc) is 2.89. The third-order valence-corrected chi connectivity index (χ3v) is 4.99. The summed E-state index contributed by atoms with van der Waals surface area (Å²) in [5, 5.41) is 15.3. The fourth-order valence-corrected chi connectivity index (χ4v) is 3.39. The van der Waals surface area contributed by atoms with Gasteiger partial charge in [0.05, 0.1) is 6.54 Å². The van der Waals surface area contributed by atoms with Gasteiger partial charge in [-0.2, -0.15) is 10.2 Å². The Bertz CT molecular complexity index is 967. The van der Waals surface area contributed by atoms with Gasteiger partial charge in [-0.1, -0.05) is 60.2 Å². The molecule has 2 aromatic rings. The van der Waals surface area contributed by atoms with Gasteiger partial charge in [0.25, 0.3) is 0 Å². The van der Waals surface area contributed by atoms with Crippen LogP contribution in [0.5, 0.6) is 0 Å². The molecule has 0 bridgehead atoms. The zero-order chi connectivity index (χ0) is 20.6. The molecule has 5 nitrogen and oxygen atoms in total. The predicted octanol–water partition coefficient (Wildman–Crippen LogP) is 5.16. The SMILES string of the molecule is CN=NCc1ccc(C=C2CC(=Cc3ccc(C(=N)N)cc3)CCCC2=O)cc1. The van der Waals surface area contributed by atoms with Crippen LogP contribution < -0.4 is 5.73 Å². The van der Waals surface area contributed by atoms with Crippen molar-refractivity contribution in [1.29, 1.82) is 5.41 Å². The largest absolute Gasteiger partial charge is 0.384 e. The molecule has 0 heterocycles. The maximum Gasteiger partial charge on any atom is 0.159 e. The van der Waals surface area contributed by atoms with Crippen LogP contribution in [-0.2, 0) is 11.3 Å². The van der Waals surface area contributed by atoms with Crippen molar-refractivity contribution in [2.45, 2.75) is 32.2 Å². The summed E-state index contributed by atoms with van der Waals surface area (Å²) >= 11 is 0. The van der Waals surface area contributed by atoms with E-state index in [4.69, 9.17) is 11.1 Å². The molecule has 3 N–H and O–H groups in total. The number of ketones is 1. The Kier molecular flexibility index (Phi) is 6.85. The molecule has 148 valence electrons. The van der Waals surface area contributed by atoms with Crippen molar-refractivity contribution >= 4 is 23.8 Å². The van der Waals surface area contributed by atoms with Gasteiger partial charge in [0.15, 0.2) is 5.78 Å². The molecule has 0 amide bonds. The monoisotopic (exact) mass is 386 g/mol. The second kappa shape index (κ2) is 9.73. The molecule has 1 fully saturated rings. The predicted molar refractivity (Wildman–Crippen MR) is 118 cm³/mol. The van der Waals surface area contributed by atoms with Gasteiger partial charge < -0.3 is 5.73 Å². The highest BCUT2D eigenvalue weighted by Crippen LogP contribution is 2.28. The molecule has 1 aliphatic carbocycles. The summed E-state index contributed by atoms with van der Waals surface area (Å²) < 4.78 is 0. The standard InChI is InChI=1S/C24H26N4O/c1-27-28-16-19-7-5-18(6-8-19)14-22-15-20(3-2-4-23(22)29)13-17-9-11-21(12-10-17)24(25)26/h5-14H,2-4,15-16H2,1H3,(H3,25,26). The molecule has 0 saturated heterocycles. The third-order valence-electron chi connectivity index (χ3n) is 4.99. The number of Topliss-reactive ketones (excluding diaryl/α,β-unsaturated/α-hetero) is 1. The number of benzene rings is 2. The highest BCUT2D eigenvalue weighted by molar-refractivity contribution is 6.00. The van der Waals surface area contributed by atoms with E-state index in [0.29, 0.717) is 24.9 Å². The number of carbonyl (C=O) groups excluding carboxylic acids is 1. The second-order valence-corrected chi connectivity index (χ2v) is 7.20. The van der Waals surface area contributed by atoms with Crippen molar-refractivity contribution in [3.05, 3.63) is 81.9 Å². The molecule has 0 aromatic heterocycles. The smallest absolute Gasteiger partial charge is 0.159 e. The molecule has 1 aliphatic rings. The van der Waals surface area contributed by atoms with E-state index in [-0.39, 0.29) is 11.6 Å². The van der Waals surface area contributed by atoms with E-state index in [0.717, 1.165) is 35.1 Å². The number of nitrogen functional groups attached to an aromatic ring is 1. The van der Waals surface area contributed by atoms with Crippen LogP contribution in [0.4, 0.5) is 0 Å². The maximum absolute atomic E-state index is 12.6. The van der Waals surface area contributed by atoms with E-state index in [1.54, 1.807) is 7.05 Å². The van der Waals surface area contributed by atoms with E-state index in [2.05, 4.69) is 16.3 Å². The molecule has 3 rings (SSSR count). The van der Waals surface area contributed by atoms with Crippen LogP contribution in [0.15, 0.2) is 69.9 Å². The topological polar surface area (TPSA) is 91.7 Å². The lowest BCUT2D eigenvalue weighted by Gasteiger charge is -2.07. The number of hydrogen-bond acceptors (Lipinski definition) is 4. The zero-order valence-electron chi connectivity index (χ0n) is 16.7. The Morgan fingerprint density at radius 3 is 2.34 bits per heavy atom. The van der Waals surface area contributed by atoms with Crippen LogP contribution in [0.1, 0.15) is 47.9 Å². The maximum atomic E-state index is 12.6. The highest BCUT2D eigenvalue weighted by Gasteiger charge is 2.16. The summed E-state index contributed by atoms with van der Waals surface area (Å²) in [6.45, 7) is 0.571. The zero-order valence-corrected chi connectivity index (χ0v) is 16.7. The lowest BCUT2D eigenvalue weighted by molar-refractivity contribution is -0.115. The van der Waals surface area contributed by atoms with Crippen molar-refractivity contribution in [1.82, 2.24) is 0 Å². The molecule has 0 radical (unpaired) electrons. The van der Waals surface area contributed by atoms with E-state index < -0.39 is 0 Å². The van der Waals surface area contributed by atoms with Crippen molar-refractivity contribution in [2.24, 2.45) is 16.0 Å². The van der Waals surface area contributed by atoms with Crippen molar-refractivity contribution in [3.8, 4) is 0 Å². The van der Waals surface area contributed by atoms with Gasteiger partial charge >= 0.3 is 0 Å². The van der Waals surface area contributed by atoms with Crippen LogP contribution in [0.25, 0.3) is 12.2 Å². The lowest BCUT2D eigenvalue weighted by atomic mass is 9.98. The Hall–Kier alpha value is -3.34. The number of rotatable bonds is 5. The van der Waals surface area contributed by atoms with Crippen LogP contribution in [0.3, 0.4) is 0 Å². The number of carbonyl (C=O) groups is 1. The molecule has 0 unspecified atom stereocenters. The summed E-state index contributed by atoms with van der Waals surface area (Å²) in [4.78, 5) is 12.6. The highest BCUT2D eigenvalue weighted by atomic mass is 16.1. The van der Waals surface area contributed by atoms with Crippen molar-refractivity contribution < 1.29 is 4.79 Å². The summed E-state index contributed by atoms with van der Waals surface area (Å²) in [6, 6.07) is 15.7. The van der Waals surface area contributed by atoms with Crippen molar-refractivity contribution in [3.63, 3.8) is 0 Å². The number of azo groups is 1. The Morgan fingerprint density at radius 1 is 1.03 bits per heavy atom. The summed E-state index contributed by atoms with van der Waals surface area (Å²) in [6.07, 6.45) is 7.19. The van der Waals surface area contributed by atoms with Crippen molar-refractivity contribution in [2.75, 3.05) is 7.05 Å². The lowest BCUT2D eigenvalue weighted by Crippen LogP contribution is -2.10. The van der Waals surface area contributed by atoms with Crippen LogP contribution in [0, 0.1) is 5.41 Å². The quantitative estimate of drug-likeness (QED) is 0.244. The van der Waals surface area contributed by atoms with Crippen LogP contribution in [0.2, 0.25) is 0 Å². The van der Waals surface area contributed by atoms with E-state index in [9.17, 15) is 4.79 Å². The minimum Gasteiger partial charge on any atom is -0.384 e. The van der Waals surface area contributed by atoms with Gasteiger partial charge in [0.1, 0.15) is 5.84 Å². The van der Waals surface area contributed by atoms with Gasteiger partial charge in [-0.25, -0.2) is 0 Å². The number of amidine groups is 1. The first-order valence-corrected chi connectivity index (χ1v) is 9.77. The van der Waals surface area contributed by atoms with E-state index in [1.807, 2.05) is 54.6 Å². The van der Waals surface area contributed by atoms with Gasteiger partial charge in [0.2, 0.25) is 0 Å². The van der Waals surface area contributed by atoms with Gasteiger partial charge in [-0.15, -0.1) is 0 Å². The molecule has 1 saturated carbocycles. The molecule has 0 spiro atoms. The summed E-state index contributed by atoms with van der Waals surface area (Å²) in [7, 11) is 1.67. The number of nitrogens with zero attached hydrogens (tertiary/aromatic N) is 2. The molecule has 5 heteroatoms. The third kappa shape index (κ3) is 5.82. The van der Waals surface area contributed by atoms with Crippen LogP contribution in [-0.4, -0.2) is 18.7 Å². The number of nitrogens with one attached hydrogen (secondary N) is 1. The normalized spacial score (nSPS) is 17.8. The fourth-order valence-electron chi connectivity index (χ4n) is 3.39. The van der Waals surface area contributed by atoms with Gasteiger partial charge in [0, 0.05) is 19.0 Å². The molecule has 0 aliphatic heterocycles. The van der Waals surface area contributed by atoms with Gasteiger partial charge in [-0.3, -0.25) is 10.2 Å². The Balaban J connectivity index is 1.80. The number of nitrogens with two attached hydrogens (primary N) is 1. The first kappa shape index (κ1) is 20.4. The Labute approximate surface area is 171 Å². The molecular weight excluding hydrogens is 360 g/mol. The minimum atomic E-state index is 0.0678. The molecular formula is C24H26N4O. The fraction of sp³-hybridized carbons (Fsp3) is 0.250. The van der Waals surface area contributed by atoms with Gasteiger partial charge in [-0.05, 0) is 47.6 Å². The summed E-state index contributed by atoms with van der Waals surface area (Å²) in [5.74, 6) is 0.294. The minimum absolute atomic E-state index is 0.0678. The Morgan fingerprint density at radius 2 is 1.69 bits per heavy atom. The molecule has 2 aromatic carbocycles. The van der Waals surface area contributed by atoms with E-state index in [1.165, 1.54) is 5.57 Å². The summed E-state index contributed by atoms with van der Waals surface area (Å²) in [5.41, 5.74) is 11.5. The number of hydrogen-bond donors (Lipinski definition) is 2.